The number of carbonyl (C=O) groups is 3. The lowest BCUT2D eigenvalue weighted by Crippen LogP contribution is -2.44. The number of carbonyl (C=O) groups excluding carboxylic acids is 3. The minimum atomic E-state index is -0.791. The Morgan fingerprint density at radius 3 is 2.52 bits per heavy atom. The first-order chi connectivity index (χ1) is 19.2. The predicted molar refractivity (Wildman–Crippen MR) is 142 cm³/mol. The summed E-state index contributed by atoms with van der Waals surface area (Å²) in [6.45, 7) is 2.22. The number of amides is 2. The number of hydrogen-bond donors (Lipinski definition) is 0. The van der Waals surface area contributed by atoms with E-state index < -0.39 is 22.7 Å². The molecular formula is C28H23N5O7. The van der Waals surface area contributed by atoms with Gasteiger partial charge >= 0.3 is 11.7 Å². The number of para-hydroxylation sites is 1. The molecular weight excluding hydrogens is 518 g/mol. The fourth-order valence-electron chi connectivity index (χ4n) is 4.18. The van der Waals surface area contributed by atoms with E-state index in [1.807, 2.05) is 36.4 Å². The molecule has 3 aromatic rings. The third-order valence-corrected chi connectivity index (χ3v) is 6.16. The van der Waals surface area contributed by atoms with Crippen molar-refractivity contribution in [3.8, 4) is 28.8 Å². The maximum absolute atomic E-state index is 13.5. The molecule has 2 amide bonds. The molecule has 12 heteroatoms. The molecule has 2 heterocycles. The Morgan fingerprint density at radius 1 is 1.18 bits per heavy atom. The lowest BCUT2D eigenvalue weighted by atomic mass is 9.93. The lowest BCUT2D eigenvalue weighted by Gasteiger charge is -2.27. The van der Waals surface area contributed by atoms with Gasteiger partial charge in [-0.05, 0) is 42.8 Å². The van der Waals surface area contributed by atoms with E-state index in [2.05, 4.69) is 5.10 Å². The van der Waals surface area contributed by atoms with E-state index in [4.69, 9.17) is 9.47 Å². The third-order valence-electron chi connectivity index (χ3n) is 6.16. The molecule has 40 heavy (non-hydrogen) atoms. The summed E-state index contributed by atoms with van der Waals surface area (Å²) < 4.78 is 11.6. The largest absolute Gasteiger partial charge is 0.490 e. The molecule has 0 aliphatic carbocycles. The van der Waals surface area contributed by atoms with E-state index in [-0.39, 0.29) is 41.3 Å². The van der Waals surface area contributed by atoms with Crippen LogP contribution in [0.1, 0.15) is 19.4 Å². The number of imide groups is 1. The van der Waals surface area contributed by atoms with Crippen LogP contribution < -0.4 is 4.74 Å². The zero-order valence-corrected chi connectivity index (χ0v) is 21.8. The summed E-state index contributed by atoms with van der Waals surface area (Å²) >= 11 is 0. The monoisotopic (exact) mass is 541 g/mol. The minimum Gasteiger partial charge on any atom is -0.490 e. The molecule has 0 saturated carbocycles. The Hall–Kier alpha value is -5.57. The summed E-state index contributed by atoms with van der Waals surface area (Å²) in [5.74, 6) is -1.99. The van der Waals surface area contributed by atoms with Crippen LogP contribution in [0, 0.1) is 21.4 Å². The number of rotatable bonds is 8. The van der Waals surface area contributed by atoms with Crippen LogP contribution in [0.15, 0.2) is 71.4 Å². The van der Waals surface area contributed by atoms with E-state index >= 15 is 0 Å². The van der Waals surface area contributed by atoms with E-state index in [0.29, 0.717) is 22.5 Å². The van der Waals surface area contributed by atoms with E-state index in [9.17, 15) is 29.8 Å². The SMILES string of the molecule is COc1ccc(-c2nn(-c3ccccc3)cc2/C=C2/C(=O)N(CCOC(C)=O)C(=O)C(C#N)=C2C)cc1[N+](=O)[O-]. The number of ether oxygens (including phenoxy) is 2. The molecule has 0 spiro atoms. The number of aromatic nitrogens is 2. The summed E-state index contributed by atoms with van der Waals surface area (Å²) in [6, 6.07) is 15.3. The van der Waals surface area contributed by atoms with Crippen molar-refractivity contribution in [2.45, 2.75) is 13.8 Å². The summed E-state index contributed by atoms with van der Waals surface area (Å²) in [7, 11) is 1.33. The fraction of sp³-hybridized carbons (Fsp3) is 0.179. The van der Waals surface area contributed by atoms with Gasteiger partial charge in [0.15, 0.2) is 5.75 Å². The summed E-state index contributed by atoms with van der Waals surface area (Å²) in [6.07, 6.45) is 3.12. The Balaban J connectivity index is 1.90. The molecule has 2 aromatic carbocycles. The Labute approximate surface area is 228 Å². The smallest absolute Gasteiger partial charge is 0.311 e. The highest BCUT2D eigenvalue weighted by molar-refractivity contribution is 6.19. The lowest BCUT2D eigenvalue weighted by molar-refractivity contribution is -0.385. The molecule has 12 nitrogen and oxygen atoms in total. The van der Waals surface area contributed by atoms with Crippen LogP contribution in [0.5, 0.6) is 5.75 Å². The van der Waals surface area contributed by atoms with Gasteiger partial charge in [-0.15, -0.1) is 0 Å². The van der Waals surface area contributed by atoms with Crippen LogP contribution >= 0.6 is 0 Å². The first kappa shape index (κ1) is 27.5. The van der Waals surface area contributed by atoms with Gasteiger partial charge in [0, 0.05) is 35.9 Å². The van der Waals surface area contributed by atoms with E-state index in [1.165, 1.54) is 39.2 Å². The van der Waals surface area contributed by atoms with E-state index in [0.717, 1.165) is 4.90 Å². The molecule has 0 saturated heterocycles. The summed E-state index contributed by atoms with van der Waals surface area (Å²) in [4.78, 5) is 49.5. The van der Waals surface area contributed by atoms with Crippen molar-refractivity contribution in [3.63, 3.8) is 0 Å². The maximum atomic E-state index is 13.5. The minimum absolute atomic E-state index is 0.0517. The van der Waals surface area contributed by atoms with E-state index in [1.54, 1.807) is 16.9 Å². The molecule has 1 aromatic heterocycles. The predicted octanol–water partition coefficient (Wildman–Crippen LogP) is 3.61. The van der Waals surface area contributed by atoms with Crippen LogP contribution in [0.4, 0.5) is 5.69 Å². The number of nitrogens with zero attached hydrogens (tertiary/aromatic N) is 5. The van der Waals surface area contributed by atoms with Crippen molar-refractivity contribution in [2.75, 3.05) is 20.3 Å². The Bertz CT molecular complexity index is 1630. The van der Waals surface area contributed by atoms with Crippen LogP contribution in [-0.4, -0.2) is 57.6 Å². The first-order valence-corrected chi connectivity index (χ1v) is 12.0. The molecule has 0 radical (unpaired) electrons. The van der Waals surface area contributed by atoms with Crippen LogP contribution in [0.2, 0.25) is 0 Å². The molecule has 0 unspecified atom stereocenters. The van der Waals surface area contributed by atoms with Gasteiger partial charge in [-0.25, -0.2) is 4.68 Å². The molecule has 0 atom stereocenters. The zero-order chi connectivity index (χ0) is 29.0. The molecule has 0 N–H and O–H groups in total. The highest BCUT2D eigenvalue weighted by Crippen LogP contribution is 2.35. The maximum Gasteiger partial charge on any atom is 0.311 e. The van der Waals surface area contributed by atoms with Gasteiger partial charge in [-0.2, -0.15) is 10.4 Å². The van der Waals surface area contributed by atoms with Crippen LogP contribution in [-0.2, 0) is 19.1 Å². The highest BCUT2D eigenvalue weighted by Gasteiger charge is 2.35. The number of benzene rings is 2. The highest BCUT2D eigenvalue weighted by atomic mass is 16.6. The number of methoxy groups -OCH3 is 1. The van der Waals surface area contributed by atoms with Gasteiger partial charge in [-0.3, -0.25) is 29.4 Å². The number of nitro groups is 1. The van der Waals surface area contributed by atoms with Crippen molar-refractivity contribution < 1.29 is 28.8 Å². The molecule has 1 aliphatic heterocycles. The first-order valence-electron chi connectivity index (χ1n) is 12.0. The average Bonchev–Trinajstić information content (AvgIpc) is 3.37. The zero-order valence-electron chi connectivity index (χ0n) is 21.8. The Kier molecular flexibility index (Phi) is 7.86. The quantitative estimate of drug-likeness (QED) is 0.137. The molecule has 202 valence electrons. The normalized spacial score (nSPS) is 14.3. The number of hydrogen-bond acceptors (Lipinski definition) is 9. The van der Waals surface area contributed by atoms with Gasteiger partial charge in [-0.1, -0.05) is 18.2 Å². The number of nitro benzene ring substituents is 1. The summed E-state index contributed by atoms with van der Waals surface area (Å²) in [5, 5.41) is 26.0. The van der Waals surface area contributed by atoms with Crippen molar-refractivity contribution in [1.82, 2.24) is 14.7 Å². The Morgan fingerprint density at radius 2 is 1.90 bits per heavy atom. The van der Waals surface area contributed by atoms with Crippen molar-refractivity contribution in [1.29, 1.82) is 5.26 Å². The topological polar surface area (TPSA) is 158 Å². The van der Waals surface area contributed by atoms with Crippen molar-refractivity contribution in [3.05, 3.63) is 87.1 Å². The second kappa shape index (κ2) is 11.4. The van der Waals surface area contributed by atoms with Crippen molar-refractivity contribution >= 4 is 29.5 Å². The number of esters is 1. The van der Waals surface area contributed by atoms with Gasteiger partial charge < -0.3 is 9.47 Å². The summed E-state index contributed by atoms with van der Waals surface area (Å²) in [5.41, 5.74) is 1.49. The van der Waals surface area contributed by atoms with Crippen LogP contribution in [0.3, 0.4) is 0 Å². The second-order valence-electron chi connectivity index (χ2n) is 8.63. The molecule has 0 bridgehead atoms. The molecule has 0 fully saturated rings. The van der Waals surface area contributed by atoms with Gasteiger partial charge in [0.2, 0.25) is 0 Å². The molecule has 4 rings (SSSR count). The van der Waals surface area contributed by atoms with Crippen LogP contribution in [0.25, 0.3) is 23.0 Å². The van der Waals surface area contributed by atoms with Gasteiger partial charge in [0.1, 0.15) is 23.9 Å². The second-order valence-corrected chi connectivity index (χ2v) is 8.63. The third kappa shape index (κ3) is 5.34. The standard InChI is InChI=1S/C28H23N5O7/c1-17-22(27(35)31(11-12-40-18(2)34)28(36)23(17)15-29)13-20-16-32(21-7-5-4-6-8-21)30-26(20)19-9-10-25(39-3)24(14-19)33(37)38/h4-10,13-14,16H,11-12H2,1-3H3/b22-13+. The number of nitriles is 1. The average molecular weight is 542 g/mol. The van der Waals surface area contributed by atoms with Gasteiger partial charge in [0.25, 0.3) is 11.8 Å². The van der Waals surface area contributed by atoms with Gasteiger partial charge in [0.05, 0.1) is 24.3 Å². The van der Waals surface area contributed by atoms with Crippen molar-refractivity contribution in [2.24, 2.45) is 0 Å². The fourth-order valence-corrected chi connectivity index (χ4v) is 4.18. The molecule has 1 aliphatic rings.